The van der Waals surface area contributed by atoms with Gasteiger partial charge in [0, 0.05) is 18.7 Å². The third-order valence-corrected chi connectivity index (χ3v) is 2.55. The number of rotatable bonds is 5. The van der Waals surface area contributed by atoms with Crippen LogP contribution in [0.15, 0.2) is 18.2 Å². The molecule has 0 spiro atoms. The van der Waals surface area contributed by atoms with Gasteiger partial charge < -0.3 is 14.8 Å². The van der Waals surface area contributed by atoms with Crippen molar-refractivity contribution in [3.05, 3.63) is 23.8 Å². The van der Waals surface area contributed by atoms with E-state index in [1.54, 1.807) is 0 Å². The smallest absolute Gasteiger partial charge is 0.250 e. The Morgan fingerprint density at radius 3 is 3.24 bits per heavy atom. The number of amides is 1. The van der Waals surface area contributed by atoms with Crippen LogP contribution in [0.25, 0.3) is 0 Å². The topological polar surface area (TPSA) is 47.6 Å². The number of benzene rings is 1. The molecular weight excluding hydrogens is 218 g/mol. The number of carbonyl (C=O) groups excluding carboxylic acids is 1. The van der Waals surface area contributed by atoms with Crippen molar-refractivity contribution in [1.82, 2.24) is 0 Å². The summed E-state index contributed by atoms with van der Waals surface area (Å²) in [5.41, 5.74) is 1.96. The molecule has 1 amide bonds. The van der Waals surface area contributed by atoms with Gasteiger partial charge >= 0.3 is 0 Å². The Bertz CT molecular complexity index is 404. The van der Waals surface area contributed by atoms with Crippen molar-refractivity contribution in [3.63, 3.8) is 0 Å². The number of hydrogen-bond acceptors (Lipinski definition) is 3. The fourth-order valence-electron chi connectivity index (χ4n) is 1.77. The van der Waals surface area contributed by atoms with Gasteiger partial charge in [-0.2, -0.15) is 0 Å². The van der Waals surface area contributed by atoms with Crippen molar-refractivity contribution in [2.24, 2.45) is 0 Å². The number of anilines is 1. The molecule has 1 aliphatic rings. The highest BCUT2D eigenvalue weighted by Gasteiger charge is 2.12. The second kappa shape index (κ2) is 5.68. The number of carbonyl (C=O) groups is 1. The van der Waals surface area contributed by atoms with E-state index in [0.29, 0.717) is 6.61 Å². The summed E-state index contributed by atoms with van der Waals surface area (Å²) in [6.45, 7) is 3.47. The Labute approximate surface area is 101 Å². The summed E-state index contributed by atoms with van der Waals surface area (Å²) in [5, 5.41) is 2.81. The van der Waals surface area contributed by atoms with E-state index in [1.807, 2.05) is 25.1 Å². The lowest BCUT2D eigenvalue weighted by Crippen LogP contribution is -2.18. The Morgan fingerprint density at radius 1 is 1.53 bits per heavy atom. The molecule has 0 bridgehead atoms. The first-order chi connectivity index (χ1) is 8.29. The van der Waals surface area contributed by atoms with Crippen LogP contribution in [0, 0.1) is 0 Å². The van der Waals surface area contributed by atoms with E-state index in [4.69, 9.17) is 9.47 Å². The average molecular weight is 235 g/mol. The Balaban J connectivity index is 1.88. The van der Waals surface area contributed by atoms with E-state index in [0.717, 1.165) is 36.4 Å². The lowest BCUT2D eigenvalue weighted by atomic mass is 10.1. The van der Waals surface area contributed by atoms with Crippen molar-refractivity contribution < 1.29 is 14.3 Å². The van der Waals surface area contributed by atoms with E-state index < -0.39 is 0 Å². The van der Waals surface area contributed by atoms with Gasteiger partial charge in [-0.25, -0.2) is 0 Å². The molecule has 92 valence electrons. The molecule has 0 aromatic heterocycles. The Morgan fingerprint density at radius 2 is 2.41 bits per heavy atom. The molecule has 2 rings (SSSR count). The highest BCUT2D eigenvalue weighted by molar-refractivity contribution is 5.91. The summed E-state index contributed by atoms with van der Waals surface area (Å²) >= 11 is 0. The molecule has 1 aromatic rings. The Hall–Kier alpha value is -1.55. The van der Waals surface area contributed by atoms with Gasteiger partial charge in [0.2, 0.25) is 5.91 Å². The molecule has 4 heteroatoms. The molecule has 0 radical (unpaired) electrons. The SMILES string of the molecule is CCCOCC(=O)Nc1ccc2c(c1)CCO2. The van der Waals surface area contributed by atoms with Gasteiger partial charge in [0.25, 0.3) is 0 Å². The molecule has 0 saturated carbocycles. The first-order valence-electron chi connectivity index (χ1n) is 5.93. The van der Waals surface area contributed by atoms with Crippen molar-refractivity contribution in [3.8, 4) is 5.75 Å². The van der Waals surface area contributed by atoms with Crippen LogP contribution in [-0.2, 0) is 16.0 Å². The number of hydrogen-bond donors (Lipinski definition) is 1. The van der Waals surface area contributed by atoms with E-state index >= 15 is 0 Å². The standard InChI is InChI=1S/C13H17NO3/c1-2-6-16-9-13(15)14-11-3-4-12-10(8-11)5-7-17-12/h3-4,8H,2,5-7,9H2,1H3,(H,14,15). The molecule has 17 heavy (non-hydrogen) atoms. The maximum Gasteiger partial charge on any atom is 0.250 e. The van der Waals surface area contributed by atoms with E-state index in [-0.39, 0.29) is 12.5 Å². The molecule has 1 aliphatic heterocycles. The minimum atomic E-state index is -0.114. The summed E-state index contributed by atoms with van der Waals surface area (Å²) in [6.07, 6.45) is 1.83. The van der Waals surface area contributed by atoms with Crippen LogP contribution in [0.2, 0.25) is 0 Å². The van der Waals surface area contributed by atoms with Crippen molar-refractivity contribution >= 4 is 11.6 Å². The fourth-order valence-corrected chi connectivity index (χ4v) is 1.77. The Kier molecular flexibility index (Phi) is 3.98. The average Bonchev–Trinajstić information content (AvgIpc) is 2.76. The molecule has 1 aromatic carbocycles. The lowest BCUT2D eigenvalue weighted by molar-refractivity contribution is -0.120. The highest BCUT2D eigenvalue weighted by atomic mass is 16.5. The second-order valence-electron chi connectivity index (χ2n) is 4.02. The van der Waals surface area contributed by atoms with Crippen LogP contribution < -0.4 is 10.1 Å². The summed E-state index contributed by atoms with van der Waals surface area (Å²) in [4.78, 5) is 11.5. The number of ether oxygens (including phenoxy) is 2. The predicted octanol–water partition coefficient (Wildman–Crippen LogP) is 1.99. The third-order valence-electron chi connectivity index (χ3n) is 2.55. The van der Waals surface area contributed by atoms with Crippen molar-refractivity contribution in [1.29, 1.82) is 0 Å². The van der Waals surface area contributed by atoms with Gasteiger partial charge in [-0.1, -0.05) is 6.92 Å². The molecule has 0 saturated heterocycles. The maximum absolute atomic E-state index is 11.5. The third kappa shape index (κ3) is 3.20. The molecule has 0 atom stereocenters. The predicted molar refractivity (Wildman–Crippen MR) is 65.4 cm³/mol. The van der Waals surface area contributed by atoms with Crippen LogP contribution in [0.5, 0.6) is 5.75 Å². The zero-order valence-electron chi connectivity index (χ0n) is 9.99. The fraction of sp³-hybridized carbons (Fsp3) is 0.462. The second-order valence-corrected chi connectivity index (χ2v) is 4.02. The monoisotopic (exact) mass is 235 g/mol. The summed E-state index contributed by atoms with van der Waals surface area (Å²) in [6, 6.07) is 5.70. The van der Waals surface area contributed by atoms with Gasteiger partial charge in [-0.05, 0) is 30.2 Å². The minimum Gasteiger partial charge on any atom is -0.493 e. The van der Waals surface area contributed by atoms with Crippen LogP contribution in [0.4, 0.5) is 5.69 Å². The van der Waals surface area contributed by atoms with Crippen LogP contribution in [0.3, 0.4) is 0 Å². The number of nitrogens with one attached hydrogen (secondary N) is 1. The van der Waals surface area contributed by atoms with Crippen molar-refractivity contribution in [2.45, 2.75) is 19.8 Å². The molecule has 0 aliphatic carbocycles. The molecular formula is C13H17NO3. The van der Waals surface area contributed by atoms with Gasteiger partial charge in [0.15, 0.2) is 0 Å². The molecule has 0 fully saturated rings. The zero-order valence-corrected chi connectivity index (χ0v) is 9.99. The van der Waals surface area contributed by atoms with Crippen LogP contribution in [0.1, 0.15) is 18.9 Å². The first-order valence-corrected chi connectivity index (χ1v) is 5.93. The van der Waals surface area contributed by atoms with E-state index in [2.05, 4.69) is 5.32 Å². The summed E-state index contributed by atoms with van der Waals surface area (Å²) in [7, 11) is 0. The van der Waals surface area contributed by atoms with Gasteiger partial charge in [0.1, 0.15) is 12.4 Å². The molecule has 1 heterocycles. The van der Waals surface area contributed by atoms with E-state index in [1.165, 1.54) is 0 Å². The van der Waals surface area contributed by atoms with Gasteiger partial charge in [0.05, 0.1) is 6.61 Å². The summed E-state index contributed by atoms with van der Waals surface area (Å²) in [5.74, 6) is 0.808. The normalized spacial score (nSPS) is 13.0. The first kappa shape index (κ1) is 11.9. The molecule has 1 N–H and O–H groups in total. The van der Waals surface area contributed by atoms with Crippen LogP contribution >= 0.6 is 0 Å². The number of fused-ring (bicyclic) bond motifs is 1. The van der Waals surface area contributed by atoms with Crippen molar-refractivity contribution in [2.75, 3.05) is 25.1 Å². The summed E-state index contributed by atoms with van der Waals surface area (Å²) < 4.78 is 10.6. The molecule has 0 unspecified atom stereocenters. The largest absolute Gasteiger partial charge is 0.493 e. The quantitative estimate of drug-likeness (QED) is 0.794. The lowest BCUT2D eigenvalue weighted by Gasteiger charge is -2.07. The van der Waals surface area contributed by atoms with E-state index in [9.17, 15) is 4.79 Å². The maximum atomic E-state index is 11.5. The van der Waals surface area contributed by atoms with Gasteiger partial charge in [-0.15, -0.1) is 0 Å². The molecule has 4 nitrogen and oxygen atoms in total. The zero-order chi connectivity index (χ0) is 12.1. The highest BCUT2D eigenvalue weighted by Crippen LogP contribution is 2.27. The minimum absolute atomic E-state index is 0.113. The van der Waals surface area contributed by atoms with Crippen LogP contribution in [-0.4, -0.2) is 25.7 Å². The van der Waals surface area contributed by atoms with Gasteiger partial charge in [-0.3, -0.25) is 4.79 Å².